The summed E-state index contributed by atoms with van der Waals surface area (Å²) in [5, 5.41) is 3.41. The zero-order chi connectivity index (χ0) is 15.1. The highest BCUT2D eigenvalue weighted by Crippen LogP contribution is 2.54. The summed E-state index contributed by atoms with van der Waals surface area (Å²) >= 11 is 6.00. The van der Waals surface area contributed by atoms with Crippen LogP contribution in [0.2, 0.25) is 5.02 Å². The molecule has 0 saturated heterocycles. The average Bonchev–Trinajstić information content (AvgIpc) is 3.04. The third-order valence-corrected chi connectivity index (χ3v) is 4.73. The van der Waals surface area contributed by atoms with E-state index in [9.17, 15) is 9.59 Å². The van der Waals surface area contributed by atoms with Crippen LogP contribution in [0.25, 0.3) is 0 Å². The van der Waals surface area contributed by atoms with Gasteiger partial charge in [0.2, 0.25) is 5.91 Å². The maximum Gasteiger partial charge on any atom is 0.255 e. The van der Waals surface area contributed by atoms with Crippen molar-refractivity contribution in [1.82, 2.24) is 4.90 Å². The number of hydrogen-bond donors (Lipinski definition) is 1. The molecule has 2 aliphatic carbocycles. The Morgan fingerprint density at radius 2 is 1.86 bits per heavy atom. The van der Waals surface area contributed by atoms with E-state index >= 15 is 0 Å². The molecule has 2 atom stereocenters. The summed E-state index contributed by atoms with van der Waals surface area (Å²) < 4.78 is 0. The van der Waals surface area contributed by atoms with Crippen molar-refractivity contribution in [3.63, 3.8) is 0 Å². The predicted octanol–water partition coefficient (Wildman–Crippen LogP) is 3.03. The van der Waals surface area contributed by atoms with Gasteiger partial charge in [-0.2, -0.15) is 0 Å². The molecule has 4 nitrogen and oxygen atoms in total. The second-order valence-corrected chi connectivity index (χ2v) is 6.74. The maximum atomic E-state index is 12.4. The van der Waals surface area contributed by atoms with E-state index in [1.807, 2.05) is 0 Å². The molecule has 1 N–H and O–H groups in total. The predicted molar refractivity (Wildman–Crippen MR) is 82.4 cm³/mol. The zero-order valence-electron chi connectivity index (χ0n) is 12.2. The number of anilines is 1. The summed E-state index contributed by atoms with van der Waals surface area (Å²) in [7, 11) is 3.38. The largest absolute Gasteiger partial charge is 0.345 e. The Hall–Kier alpha value is -1.55. The van der Waals surface area contributed by atoms with Crippen molar-refractivity contribution in [2.24, 2.45) is 17.8 Å². The number of rotatable bonds is 3. The normalized spacial score (nSPS) is 26.1. The van der Waals surface area contributed by atoms with Crippen LogP contribution >= 0.6 is 11.6 Å². The number of carbonyl (C=O) groups excluding carboxylic acids is 2. The number of nitrogens with one attached hydrogen (secondary N) is 1. The molecule has 2 fully saturated rings. The molecule has 0 spiro atoms. The number of fused-ring (bicyclic) bond motifs is 1. The fourth-order valence-electron chi connectivity index (χ4n) is 3.21. The van der Waals surface area contributed by atoms with Crippen LogP contribution in [0.3, 0.4) is 0 Å². The van der Waals surface area contributed by atoms with E-state index in [-0.39, 0.29) is 17.7 Å². The third-order valence-electron chi connectivity index (χ3n) is 4.49. The molecule has 0 aromatic heterocycles. The van der Waals surface area contributed by atoms with Crippen LogP contribution in [0.1, 0.15) is 29.6 Å². The van der Waals surface area contributed by atoms with E-state index in [0.717, 1.165) is 24.7 Å². The molecule has 3 rings (SSSR count). The smallest absolute Gasteiger partial charge is 0.255 e. The number of nitrogens with zero attached hydrogens (tertiary/aromatic N) is 1. The fraction of sp³-hybridized carbons (Fsp3) is 0.500. The molecule has 2 unspecified atom stereocenters. The van der Waals surface area contributed by atoms with Crippen LogP contribution in [0.4, 0.5) is 5.69 Å². The van der Waals surface area contributed by atoms with E-state index in [1.54, 1.807) is 32.3 Å². The molecule has 112 valence electrons. The van der Waals surface area contributed by atoms with E-state index < -0.39 is 0 Å². The van der Waals surface area contributed by atoms with Crippen LogP contribution < -0.4 is 5.32 Å². The van der Waals surface area contributed by atoms with Crippen LogP contribution in [0.15, 0.2) is 18.2 Å². The summed E-state index contributed by atoms with van der Waals surface area (Å²) in [6, 6.07) is 4.97. The SMILES string of the molecule is CN(C)C(=O)c1ccc(Cl)cc1NC(=O)C1CC2CC2C1. The number of carbonyl (C=O) groups is 2. The monoisotopic (exact) mass is 306 g/mol. The van der Waals surface area contributed by atoms with Gasteiger partial charge in [0.05, 0.1) is 11.3 Å². The van der Waals surface area contributed by atoms with Gasteiger partial charge in [-0.1, -0.05) is 11.6 Å². The average molecular weight is 307 g/mol. The van der Waals surface area contributed by atoms with E-state index in [2.05, 4.69) is 5.32 Å². The minimum atomic E-state index is -0.142. The van der Waals surface area contributed by atoms with Gasteiger partial charge >= 0.3 is 0 Å². The van der Waals surface area contributed by atoms with Gasteiger partial charge in [0.1, 0.15) is 0 Å². The highest BCUT2D eigenvalue weighted by Gasteiger charge is 2.48. The molecule has 2 aliphatic rings. The first-order valence-corrected chi connectivity index (χ1v) is 7.65. The molecule has 1 aromatic rings. The summed E-state index contributed by atoms with van der Waals surface area (Å²) in [4.78, 5) is 26.0. The molecule has 1 aromatic carbocycles. The molecule has 0 radical (unpaired) electrons. The van der Waals surface area contributed by atoms with Gasteiger partial charge in [-0.15, -0.1) is 0 Å². The molecule has 0 heterocycles. The van der Waals surface area contributed by atoms with Crippen LogP contribution in [-0.4, -0.2) is 30.8 Å². The van der Waals surface area contributed by atoms with Crippen LogP contribution in [0.5, 0.6) is 0 Å². The van der Waals surface area contributed by atoms with Crippen molar-refractivity contribution >= 4 is 29.1 Å². The molecule has 0 aliphatic heterocycles. The summed E-state index contributed by atoms with van der Waals surface area (Å²) in [6.45, 7) is 0. The molecule has 0 bridgehead atoms. The van der Waals surface area contributed by atoms with Crippen molar-refractivity contribution in [2.45, 2.75) is 19.3 Å². The second kappa shape index (κ2) is 5.34. The van der Waals surface area contributed by atoms with Crippen molar-refractivity contribution < 1.29 is 9.59 Å². The van der Waals surface area contributed by atoms with Crippen molar-refractivity contribution in [3.05, 3.63) is 28.8 Å². The second-order valence-electron chi connectivity index (χ2n) is 6.30. The lowest BCUT2D eigenvalue weighted by molar-refractivity contribution is -0.120. The third kappa shape index (κ3) is 2.91. The fourth-order valence-corrected chi connectivity index (χ4v) is 3.38. The molecule has 21 heavy (non-hydrogen) atoms. The summed E-state index contributed by atoms with van der Waals surface area (Å²) in [5.74, 6) is 1.45. The lowest BCUT2D eigenvalue weighted by Gasteiger charge is -2.17. The van der Waals surface area contributed by atoms with Crippen LogP contribution in [0, 0.1) is 17.8 Å². The Bertz CT molecular complexity index is 590. The molecule has 2 saturated carbocycles. The van der Waals surface area contributed by atoms with E-state index in [4.69, 9.17) is 11.6 Å². The van der Waals surface area contributed by atoms with Gasteiger partial charge in [-0.25, -0.2) is 0 Å². The minimum Gasteiger partial charge on any atom is -0.345 e. The highest BCUT2D eigenvalue weighted by molar-refractivity contribution is 6.31. The van der Waals surface area contributed by atoms with E-state index in [0.29, 0.717) is 16.3 Å². The summed E-state index contributed by atoms with van der Waals surface area (Å²) in [5.41, 5.74) is 0.979. The lowest BCUT2D eigenvalue weighted by atomic mass is 10.0. The highest BCUT2D eigenvalue weighted by atomic mass is 35.5. The van der Waals surface area contributed by atoms with Gasteiger partial charge in [0.25, 0.3) is 5.91 Å². The molecule has 5 heteroatoms. The number of amides is 2. The molecular formula is C16H19ClN2O2. The van der Waals surface area contributed by atoms with Gasteiger partial charge in [0.15, 0.2) is 0 Å². The van der Waals surface area contributed by atoms with Gasteiger partial charge in [-0.05, 0) is 49.3 Å². The minimum absolute atomic E-state index is 0.0114. The Morgan fingerprint density at radius 1 is 1.19 bits per heavy atom. The van der Waals surface area contributed by atoms with E-state index in [1.165, 1.54) is 11.3 Å². The number of hydrogen-bond acceptors (Lipinski definition) is 2. The Balaban J connectivity index is 1.78. The van der Waals surface area contributed by atoms with Crippen molar-refractivity contribution in [3.8, 4) is 0 Å². The number of benzene rings is 1. The zero-order valence-corrected chi connectivity index (χ0v) is 13.0. The molecule has 2 amide bonds. The Labute approximate surface area is 129 Å². The lowest BCUT2D eigenvalue weighted by Crippen LogP contribution is -2.26. The quantitative estimate of drug-likeness (QED) is 0.933. The van der Waals surface area contributed by atoms with Gasteiger partial charge in [0, 0.05) is 25.0 Å². The van der Waals surface area contributed by atoms with Crippen LogP contribution in [-0.2, 0) is 4.79 Å². The Kier molecular flexibility index (Phi) is 3.66. The van der Waals surface area contributed by atoms with Crippen molar-refractivity contribution in [1.29, 1.82) is 0 Å². The standard InChI is InChI=1S/C16H19ClN2O2/c1-19(2)16(21)13-4-3-12(17)8-14(13)18-15(20)11-6-9-5-10(9)7-11/h3-4,8-11H,5-7H2,1-2H3,(H,18,20). The van der Waals surface area contributed by atoms with Gasteiger partial charge in [-0.3, -0.25) is 9.59 Å². The topological polar surface area (TPSA) is 49.4 Å². The molecular weight excluding hydrogens is 288 g/mol. The first-order valence-electron chi connectivity index (χ1n) is 7.27. The van der Waals surface area contributed by atoms with Gasteiger partial charge < -0.3 is 10.2 Å². The maximum absolute atomic E-state index is 12.4. The van der Waals surface area contributed by atoms with Crippen molar-refractivity contribution in [2.75, 3.05) is 19.4 Å². The summed E-state index contributed by atoms with van der Waals surface area (Å²) in [6.07, 6.45) is 3.24. The first-order chi connectivity index (χ1) is 9.95. The first kappa shape index (κ1) is 14.4. The number of halogens is 1. The Morgan fingerprint density at radius 3 is 2.48 bits per heavy atom.